The lowest BCUT2D eigenvalue weighted by Gasteiger charge is -2.23. The standard InChI is InChI=1S/C13H17F4OP/c1-4-11(13(16,17)19)18-8-5-9(14)12(7(2)3)10(15)6-8/h5-7,11H,4,19H2,1-3H3. The Kier molecular flexibility index (Phi) is 5.19. The number of rotatable bonds is 5. The molecule has 1 rings (SSSR count). The maximum absolute atomic E-state index is 13.7. The zero-order chi connectivity index (χ0) is 14.8. The average molecular weight is 296 g/mol. The molecule has 1 nitrogen and oxygen atoms in total. The van der Waals surface area contributed by atoms with Gasteiger partial charge in [-0.05, 0) is 12.3 Å². The highest BCUT2D eigenvalue weighted by atomic mass is 31.0. The molecule has 6 heteroatoms. The van der Waals surface area contributed by atoms with Crippen molar-refractivity contribution in [2.45, 2.75) is 44.9 Å². The quantitative estimate of drug-likeness (QED) is 0.564. The summed E-state index contributed by atoms with van der Waals surface area (Å²) >= 11 is 0. The smallest absolute Gasteiger partial charge is 0.294 e. The van der Waals surface area contributed by atoms with Gasteiger partial charge in [-0.1, -0.05) is 30.0 Å². The molecule has 0 bridgehead atoms. The second kappa shape index (κ2) is 6.08. The maximum atomic E-state index is 13.7. The summed E-state index contributed by atoms with van der Waals surface area (Å²) in [7, 11) is 1.37. The van der Waals surface area contributed by atoms with E-state index in [1.165, 1.54) is 16.2 Å². The van der Waals surface area contributed by atoms with E-state index in [1.54, 1.807) is 13.8 Å². The third kappa shape index (κ3) is 4.07. The Bertz CT molecular complexity index is 420. The summed E-state index contributed by atoms with van der Waals surface area (Å²) in [6.07, 6.45) is -1.42. The fraction of sp³-hybridized carbons (Fsp3) is 0.538. The zero-order valence-electron chi connectivity index (χ0n) is 11.0. The van der Waals surface area contributed by atoms with Gasteiger partial charge in [-0.25, -0.2) is 8.78 Å². The fourth-order valence-electron chi connectivity index (χ4n) is 1.78. The highest BCUT2D eigenvalue weighted by Crippen LogP contribution is 2.33. The zero-order valence-corrected chi connectivity index (χ0v) is 12.2. The Morgan fingerprint density at radius 3 is 2.00 bits per heavy atom. The second-order valence-electron chi connectivity index (χ2n) is 4.64. The van der Waals surface area contributed by atoms with E-state index in [-0.39, 0.29) is 23.7 Å². The van der Waals surface area contributed by atoms with Gasteiger partial charge in [0.2, 0.25) is 0 Å². The molecule has 0 saturated carbocycles. The molecule has 0 fully saturated rings. The Morgan fingerprint density at radius 1 is 1.21 bits per heavy atom. The van der Waals surface area contributed by atoms with Crippen LogP contribution in [0.5, 0.6) is 5.75 Å². The van der Waals surface area contributed by atoms with Crippen molar-refractivity contribution >= 4 is 9.24 Å². The molecule has 2 atom stereocenters. The first-order valence-corrected chi connectivity index (χ1v) is 6.56. The minimum absolute atomic E-state index is 0.0195. The first-order valence-electron chi connectivity index (χ1n) is 5.99. The molecule has 0 heterocycles. The summed E-state index contributed by atoms with van der Waals surface area (Å²) in [5.41, 5.74) is -3.23. The van der Waals surface area contributed by atoms with E-state index in [0.717, 1.165) is 12.1 Å². The maximum Gasteiger partial charge on any atom is 0.294 e. The molecular weight excluding hydrogens is 279 g/mol. The van der Waals surface area contributed by atoms with Crippen LogP contribution in [-0.4, -0.2) is 11.8 Å². The summed E-state index contributed by atoms with van der Waals surface area (Å²) in [6.45, 7) is 4.80. The molecule has 1 aromatic rings. The third-order valence-electron chi connectivity index (χ3n) is 2.71. The van der Waals surface area contributed by atoms with Gasteiger partial charge in [0.05, 0.1) is 0 Å². The number of halogens is 4. The molecule has 1 aromatic carbocycles. The first kappa shape index (κ1) is 16.2. The van der Waals surface area contributed by atoms with Crippen molar-refractivity contribution in [3.63, 3.8) is 0 Å². The van der Waals surface area contributed by atoms with Gasteiger partial charge in [0, 0.05) is 17.7 Å². The fourth-order valence-corrected chi connectivity index (χ4v) is 2.08. The van der Waals surface area contributed by atoms with Gasteiger partial charge < -0.3 is 4.74 Å². The van der Waals surface area contributed by atoms with Crippen LogP contribution in [0.4, 0.5) is 17.6 Å². The molecule has 2 unspecified atom stereocenters. The lowest BCUT2D eigenvalue weighted by molar-refractivity contribution is -0.0216. The number of hydrogen-bond acceptors (Lipinski definition) is 1. The van der Waals surface area contributed by atoms with Crippen LogP contribution in [0.1, 0.15) is 38.7 Å². The van der Waals surface area contributed by atoms with Crippen molar-refractivity contribution in [1.29, 1.82) is 0 Å². The van der Waals surface area contributed by atoms with Gasteiger partial charge in [0.15, 0.2) is 6.10 Å². The van der Waals surface area contributed by atoms with E-state index in [4.69, 9.17) is 4.74 Å². The normalized spacial score (nSPS) is 13.7. The van der Waals surface area contributed by atoms with Gasteiger partial charge in [0.1, 0.15) is 17.4 Å². The van der Waals surface area contributed by atoms with Crippen molar-refractivity contribution in [2.24, 2.45) is 0 Å². The van der Waals surface area contributed by atoms with Crippen LogP contribution in [0.15, 0.2) is 12.1 Å². The van der Waals surface area contributed by atoms with E-state index < -0.39 is 23.4 Å². The second-order valence-corrected chi connectivity index (χ2v) is 5.41. The molecule has 0 aliphatic heterocycles. The van der Waals surface area contributed by atoms with E-state index in [1.807, 2.05) is 0 Å². The van der Waals surface area contributed by atoms with Crippen LogP contribution in [0, 0.1) is 11.6 Å². The van der Waals surface area contributed by atoms with Gasteiger partial charge >= 0.3 is 0 Å². The van der Waals surface area contributed by atoms with E-state index in [0.29, 0.717) is 0 Å². The predicted molar refractivity (Wildman–Crippen MR) is 69.8 cm³/mol. The molecule has 0 aliphatic rings. The Hall–Kier alpha value is -0.830. The lowest BCUT2D eigenvalue weighted by Crippen LogP contribution is -2.32. The van der Waals surface area contributed by atoms with Crippen LogP contribution in [0.2, 0.25) is 0 Å². The molecular formula is C13H17F4OP. The molecule has 0 saturated heterocycles. The van der Waals surface area contributed by atoms with Crippen molar-refractivity contribution in [3.05, 3.63) is 29.3 Å². The van der Waals surface area contributed by atoms with E-state index in [2.05, 4.69) is 0 Å². The summed E-state index contributed by atoms with van der Waals surface area (Å²) in [5, 5.41) is 0. The van der Waals surface area contributed by atoms with Gasteiger partial charge in [-0.3, -0.25) is 0 Å². The van der Waals surface area contributed by atoms with Crippen LogP contribution in [-0.2, 0) is 0 Å². The third-order valence-corrected chi connectivity index (χ3v) is 3.08. The van der Waals surface area contributed by atoms with Crippen LogP contribution >= 0.6 is 9.24 Å². The molecule has 108 valence electrons. The van der Waals surface area contributed by atoms with E-state index >= 15 is 0 Å². The lowest BCUT2D eigenvalue weighted by atomic mass is 10.0. The average Bonchev–Trinajstić information content (AvgIpc) is 2.22. The molecule has 0 N–H and O–H groups in total. The van der Waals surface area contributed by atoms with E-state index in [9.17, 15) is 17.6 Å². The predicted octanol–water partition coefficient (Wildman–Crippen LogP) is 4.71. The molecule has 0 radical (unpaired) electrons. The summed E-state index contributed by atoms with van der Waals surface area (Å²) in [5.74, 6) is -2.13. The topological polar surface area (TPSA) is 9.23 Å². The molecule has 0 amide bonds. The monoisotopic (exact) mass is 296 g/mol. The van der Waals surface area contributed by atoms with Crippen LogP contribution in [0.25, 0.3) is 0 Å². The van der Waals surface area contributed by atoms with Gasteiger partial charge in [-0.2, -0.15) is 8.78 Å². The minimum atomic E-state index is -3.15. The molecule has 0 aromatic heterocycles. The number of alkyl halides is 2. The summed E-state index contributed by atoms with van der Waals surface area (Å²) < 4.78 is 58.6. The number of benzene rings is 1. The molecule has 19 heavy (non-hydrogen) atoms. The Morgan fingerprint density at radius 2 is 1.68 bits per heavy atom. The molecule has 0 spiro atoms. The summed E-state index contributed by atoms with van der Waals surface area (Å²) in [6, 6.07) is 1.88. The SMILES string of the molecule is CCC(Oc1cc(F)c(C(C)C)c(F)c1)C(F)(F)P. The van der Waals surface area contributed by atoms with Crippen LogP contribution in [0.3, 0.4) is 0 Å². The van der Waals surface area contributed by atoms with Gasteiger partial charge in [-0.15, -0.1) is 0 Å². The van der Waals surface area contributed by atoms with Crippen molar-refractivity contribution in [3.8, 4) is 5.75 Å². The van der Waals surface area contributed by atoms with Gasteiger partial charge in [0.25, 0.3) is 5.66 Å². The minimum Gasteiger partial charge on any atom is -0.484 e. The Labute approximate surface area is 112 Å². The largest absolute Gasteiger partial charge is 0.484 e. The first-order chi connectivity index (χ1) is 8.66. The van der Waals surface area contributed by atoms with Crippen LogP contribution < -0.4 is 4.74 Å². The van der Waals surface area contributed by atoms with Crippen molar-refractivity contribution in [2.75, 3.05) is 0 Å². The number of hydrogen-bond donors (Lipinski definition) is 0. The number of ether oxygens (including phenoxy) is 1. The highest BCUT2D eigenvalue weighted by molar-refractivity contribution is 7.18. The van der Waals surface area contributed by atoms with Crippen molar-refractivity contribution in [1.82, 2.24) is 0 Å². The van der Waals surface area contributed by atoms with Crippen molar-refractivity contribution < 1.29 is 22.3 Å². The summed E-state index contributed by atoms with van der Waals surface area (Å²) in [4.78, 5) is 0. The highest BCUT2D eigenvalue weighted by Gasteiger charge is 2.35. The molecule has 0 aliphatic carbocycles. The Balaban J connectivity index is 3.04.